The van der Waals surface area contributed by atoms with Crippen LogP contribution in [0.4, 0.5) is 26.3 Å². The largest absolute Gasteiger partial charge is 0.474 e. The average molecular weight is 1500 g/mol. The number of nitriles is 2. The van der Waals surface area contributed by atoms with E-state index >= 15 is 0 Å². The molecule has 104 heavy (non-hydrogen) atoms. The molecule has 2 aliphatic carbocycles. The van der Waals surface area contributed by atoms with Gasteiger partial charge in [-0.25, -0.2) is 29.9 Å². The minimum atomic E-state index is -4.89. The van der Waals surface area contributed by atoms with Gasteiger partial charge in [-0.1, -0.05) is 39.3 Å². The fourth-order valence-electron chi connectivity index (χ4n) is 13.6. The Bertz CT molecular complexity index is 4470. The Balaban J connectivity index is 0.000000208. The van der Waals surface area contributed by atoms with Crippen molar-refractivity contribution in [3.63, 3.8) is 0 Å². The van der Waals surface area contributed by atoms with Gasteiger partial charge in [0.25, 0.3) is 10.1 Å². The van der Waals surface area contributed by atoms with Gasteiger partial charge in [-0.15, -0.1) is 0 Å². The van der Waals surface area contributed by atoms with Gasteiger partial charge in [0.05, 0.1) is 67.3 Å². The van der Waals surface area contributed by atoms with Crippen molar-refractivity contribution in [2.75, 3.05) is 46.5 Å². The molecule has 12 rings (SSSR count). The third-order valence-electron chi connectivity index (χ3n) is 19.3. The number of likely N-dealkylation sites (tertiary alicyclic amines) is 2. The van der Waals surface area contributed by atoms with Crippen LogP contribution in [0.15, 0.2) is 74.1 Å². The molecule has 4 fully saturated rings. The number of halogens is 6. The van der Waals surface area contributed by atoms with Crippen molar-refractivity contribution in [3.05, 3.63) is 97.1 Å². The lowest BCUT2D eigenvalue weighted by Crippen LogP contribution is -2.65. The maximum Gasteiger partial charge on any atom is 0.451 e. The fraction of sp³-hybridized carbons (Fsp3) is 0.594. The van der Waals surface area contributed by atoms with Crippen LogP contribution in [-0.4, -0.2) is 179 Å². The lowest BCUT2D eigenvalue weighted by Gasteiger charge is -2.53. The maximum atomic E-state index is 13.6. The molecular weight excluding hydrogens is 1410 g/mol. The van der Waals surface area contributed by atoms with E-state index in [4.69, 9.17) is 29.1 Å². The minimum absolute atomic E-state index is 0.0497. The van der Waals surface area contributed by atoms with Crippen LogP contribution in [0.3, 0.4) is 0 Å². The molecule has 0 aromatic carbocycles. The molecule has 26 nitrogen and oxygen atoms in total. The number of hydrogen-bond donors (Lipinski definition) is 1. The van der Waals surface area contributed by atoms with E-state index in [2.05, 4.69) is 111 Å². The minimum Gasteiger partial charge on any atom is -0.474 e. The third-order valence-corrected chi connectivity index (χ3v) is 23.9. The van der Waals surface area contributed by atoms with Crippen molar-refractivity contribution in [1.82, 2.24) is 83.7 Å². The van der Waals surface area contributed by atoms with Crippen molar-refractivity contribution >= 4 is 48.3 Å². The molecule has 8 aromatic heterocycles. The number of aromatic nitrogens is 14. The van der Waals surface area contributed by atoms with E-state index in [1.807, 2.05) is 76.2 Å². The Morgan fingerprint density at radius 1 is 0.606 bits per heavy atom. The summed E-state index contributed by atoms with van der Waals surface area (Å²) in [5, 5.41) is 34.0. The highest BCUT2D eigenvalue weighted by molar-refractivity contribution is 7.85. The quantitative estimate of drug-likeness (QED) is 0.0216. The van der Waals surface area contributed by atoms with Gasteiger partial charge in [0.15, 0.2) is 0 Å². The molecule has 0 radical (unpaired) electrons. The van der Waals surface area contributed by atoms with E-state index < -0.39 is 73.2 Å². The number of fused-ring (bicyclic) bond motifs is 2. The van der Waals surface area contributed by atoms with Crippen LogP contribution in [0.2, 0.25) is 51.4 Å². The molecular formula is C69H91F6N19O7SSi2. The van der Waals surface area contributed by atoms with Gasteiger partial charge in [-0.2, -0.15) is 65.4 Å². The summed E-state index contributed by atoms with van der Waals surface area (Å²) in [5.41, 5.74) is 3.36. The summed E-state index contributed by atoms with van der Waals surface area (Å²) < 4.78 is 141. The van der Waals surface area contributed by atoms with Gasteiger partial charge < -0.3 is 33.4 Å². The SMILES string of the molecule is CC(C)(C)NCc1cc(OC2CCC(N3CC(CC#N)(n4cc(-c5ncnc6c5ccn6COCC[Si](C)(C)C)cn4)C3)CC2)nc(C(F)(F)F)n1.COS(=O)(=O)Cc1cc(OC2CCC(N3CC(CC#N)(n4cc(-c5ncnc6c5ccn6COCC[Si](C)(C)C)cn4)C3)CC2)nc(C(F)(F)F)n1. The van der Waals surface area contributed by atoms with E-state index in [0.717, 1.165) is 102 Å². The molecule has 10 heterocycles. The first-order valence-corrected chi connectivity index (χ1v) is 43.9. The summed E-state index contributed by atoms with van der Waals surface area (Å²) in [6.07, 6.45) is 10.4. The Morgan fingerprint density at radius 2 is 1.02 bits per heavy atom. The number of rotatable bonds is 27. The van der Waals surface area contributed by atoms with Crippen molar-refractivity contribution < 1.29 is 57.9 Å². The van der Waals surface area contributed by atoms with Crippen LogP contribution in [-0.2, 0) is 73.0 Å². The highest BCUT2D eigenvalue weighted by Gasteiger charge is 2.50. The van der Waals surface area contributed by atoms with Crippen molar-refractivity contribution in [2.45, 2.75) is 215 Å². The van der Waals surface area contributed by atoms with Crippen molar-refractivity contribution in [1.29, 1.82) is 10.5 Å². The summed E-state index contributed by atoms with van der Waals surface area (Å²) in [5.74, 6) is -3.90. The predicted octanol–water partition coefficient (Wildman–Crippen LogP) is 11.8. The second-order valence-electron chi connectivity index (χ2n) is 31.1. The van der Waals surface area contributed by atoms with E-state index in [1.165, 1.54) is 12.4 Å². The molecule has 0 atom stereocenters. The molecule has 1 N–H and O–H groups in total. The van der Waals surface area contributed by atoms with Crippen LogP contribution in [0.5, 0.6) is 11.8 Å². The zero-order chi connectivity index (χ0) is 74.6. The number of nitrogens with zero attached hydrogens (tertiary/aromatic N) is 18. The van der Waals surface area contributed by atoms with E-state index in [9.17, 15) is 45.3 Å². The van der Waals surface area contributed by atoms with E-state index in [0.29, 0.717) is 78.4 Å². The summed E-state index contributed by atoms with van der Waals surface area (Å²) in [6.45, 7) is 24.7. The fourth-order valence-corrected chi connectivity index (χ4v) is 15.7. The molecule has 0 amide bonds. The van der Waals surface area contributed by atoms with Gasteiger partial charge in [0, 0.05) is 139 Å². The number of hydrogen-bond acceptors (Lipinski definition) is 22. The maximum absolute atomic E-state index is 13.6. The lowest BCUT2D eigenvalue weighted by molar-refractivity contribution is -0.146. The molecule has 0 bridgehead atoms. The van der Waals surface area contributed by atoms with Gasteiger partial charge in [0.1, 0.15) is 66.4 Å². The molecule has 0 spiro atoms. The Labute approximate surface area is 603 Å². The van der Waals surface area contributed by atoms with Crippen molar-refractivity contribution in [3.8, 4) is 46.4 Å². The second-order valence-corrected chi connectivity index (χ2v) is 44.0. The third kappa shape index (κ3) is 19.2. The molecule has 35 heteroatoms. The molecule has 2 saturated heterocycles. The standard InChI is InChI=1S/C36H49F3N10O2Si.C33H42F3N9O5SSi/c1-34(2,3)43-19-26-17-30(46-33(45-26)36(37,38)39)51-28-9-7-27(8-10-28)48-21-35(22-48,12-13-40)49-20-25(18-44-49)31-29-11-14-47(32(29)42-23-41-31)24-50-15-16-52(4,5)6;1-48-51(46,47)18-24-15-28(42-31(41-24)33(34,35)36)50-26-7-5-25(6-8-26)44-19-32(20-44,10-11-37)45-17-23(16-40-45)29-27-9-12-43(30(27)39-21-38-29)22-49-13-14-52(2,3)4/h11,14,17-18,20,23,27-28,43H,7-10,12,15-16,19,21-22,24H2,1-6H3;9,12,15-17,21,25-26H,5-8,10,13-14,18-20,22H2,1-4H3. The molecule has 8 aromatic rings. The number of ether oxygens (including phenoxy) is 4. The molecule has 0 unspecified atom stereocenters. The highest BCUT2D eigenvalue weighted by Crippen LogP contribution is 2.42. The van der Waals surface area contributed by atoms with Crippen LogP contribution in [0, 0.1) is 22.7 Å². The summed E-state index contributed by atoms with van der Waals surface area (Å²) in [7, 11) is -5.57. The Morgan fingerprint density at radius 3 is 1.40 bits per heavy atom. The van der Waals surface area contributed by atoms with Gasteiger partial charge >= 0.3 is 12.4 Å². The monoisotopic (exact) mass is 1500 g/mol. The summed E-state index contributed by atoms with van der Waals surface area (Å²) in [4.78, 5) is 37.2. The van der Waals surface area contributed by atoms with Crippen LogP contribution >= 0.6 is 0 Å². The first-order valence-electron chi connectivity index (χ1n) is 35.0. The van der Waals surface area contributed by atoms with E-state index in [1.54, 1.807) is 18.7 Å². The first-order chi connectivity index (χ1) is 49.1. The van der Waals surface area contributed by atoms with Crippen LogP contribution < -0.4 is 14.8 Å². The number of nitrogens with one attached hydrogen (secondary N) is 1. The lowest BCUT2D eigenvalue weighted by atomic mass is 9.82. The zero-order valence-corrected chi connectivity index (χ0v) is 63.2. The predicted molar refractivity (Wildman–Crippen MR) is 379 cm³/mol. The topological polar surface area (TPSA) is 295 Å². The second kappa shape index (κ2) is 31.3. The van der Waals surface area contributed by atoms with Gasteiger partial charge in [0.2, 0.25) is 23.4 Å². The average Bonchev–Trinajstić information content (AvgIpc) is 1.40. The Hall–Kier alpha value is -7.88. The van der Waals surface area contributed by atoms with Gasteiger partial charge in [-0.05, 0) is 96.4 Å². The van der Waals surface area contributed by atoms with Crippen LogP contribution in [0.1, 0.15) is 108 Å². The van der Waals surface area contributed by atoms with Crippen molar-refractivity contribution in [2.24, 2.45) is 0 Å². The molecule has 560 valence electrons. The van der Waals surface area contributed by atoms with E-state index in [-0.39, 0.29) is 59.8 Å². The zero-order valence-electron chi connectivity index (χ0n) is 60.4. The summed E-state index contributed by atoms with van der Waals surface area (Å²) in [6, 6.07) is 13.9. The van der Waals surface area contributed by atoms with Gasteiger partial charge in [-0.3, -0.25) is 23.3 Å². The molecule has 2 saturated carbocycles. The number of alkyl halides is 6. The molecule has 2 aliphatic heterocycles. The normalized spacial score (nSPS) is 19.8. The summed E-state index contributed by atoms with van der Waals surface area (Å²) >= 11 is 0. The highest BCUT2D eigenvalue weighted by atomic mass is 32.2. The van der Waals surface area contributed by atoms with Crippen LogP contribution in [0.25, 0.3) is 44.6 Å². The molecule has 4 aliphatic rings. The first kappa shape index (κ1) is 77.2. The Kier molecular flexibility index (Phi) is 23.2. The smallest absolute Gasteiger partial charge is 0.451 e.